The second-order valence-corrected chi connectivity index (χ2v) is 6.67. The molecule has 7 nitrogen and oxygen atoms in total. The number of nitrogens with zero attached hydrogens (tertiary/aromatic N) is 3. The first-order valence-electron chi connectivity index (χ1n) is 9.44. The average Bonchev–Trinajstić information content (AvgIpc) is 2.71. The van der Waals surface area contributed by atoms with Crippen LogP contribution >= 0.6 is 0 Å². The minimum absolute atomic E-state index is 0.00320. The van der Waals surface area contributed by atoms with Gasteiger partial charge in [0.15, 0.2) is 0 Å². The number of primary amides is 1. The number of aliphatic hydroxyl groups is 1. The third-order valence-electron chi connectivity index (χ3n) is 4.63. The molecule has 146 valence electrons. The summed E-state index contributed by atoms with van der Waals surface area (Å²) in [4.78, 5) is 34.5. The molecule has 0 aliphatic rings. The van der Waals surface area contributed by atoms with Gasteiger partial charge in [-0.2, -0.15) is 0 Å². The van der Waals surface area contributed by atoms with E-state index in [9.17, 15) is 14.7 Å². The smallest absolute Gasteiger partial charge is 0.226 e. The molecule has 3 N–H and O–H groups in total. The van der Waals surface area contributed by atoms with Crippen LogP contribution < -0.4 is 10.6 Å². The van der Waals surface area contributed by atoms with Crippen molar-refractivity contribution in [1.82, 2.24) is 9.97 Å². The second-order valence-electron chi connectivity index (χ2n) is 6.67. The number of carbonyl (C=O) groups excluding carboxylic acids is 2. The zero-order chi connectivity index (χ0) is 19.9. The second kappa shape index (κ2) is 9.23. The molecule has 0 fully saturated rings. The number of hydrogen-bond donors (Lipinski definition) is 2. The Hall–Kier alpha value is -3.06. The highest BCUT2D eigenvalue weighted by Crippen LogP contribution is 2.32. The number of benzene rings is 1. The first kappa shape index (κ1) is 19.7. The standard InChI is InChI=1S/C21H24N4O3/c22-18(27)8-1-2-9-19(28)25(12-5-13-26)17-14-15-6-3-10-23-20(15)21-16(17)7-4-11-24-21/h3-4,6-7,10-11,14,26H,1-2,5,8-9,12-13H2,(H2,22,27). The van der Waals surface area contributed by atoms with Gasteiger partial charge in [0.25, 0.3) is 0 Å². The lowest BCUT2D eigenvalue weighted by Gasteiger charge is -2.25. The number of carbonyl (C=O) groups is 2. The normalized spacial score (nSPS) is 11.0. The van der Waals surface area contributed by atoms with Gasteiger partial charge in [-0.15, -0.1) is 0 Å². The van der Waals surface area contributed by atoms with E-state index in [1.54, 1.807) is 17.3 Å². The van der Waals surface area contributed by atoms with Gasteiger partial charge in [0.05, 0.1) is 16.7 Å². The Morgan fingerprint density at radius 2 is 1.71 bits per heavy atom. The number of unbranched alkanes of at least 4 members (excludes halogenated alkanes) is 1. The van der Waals surface area contributed by atoms with Crippen LogP contribution in [-0.4, -0.2) is 40.0 Å². The summed E-state index contributed by atoms with van der Waals surface area (Å²) in [6, 6.07) is 9.51. The van der Waals surface area contributed by atoms with Gasteiger partial charge in [-0.25, -0.2) is 0 Å². The van der Waals surface area contributed by atoms with Crippen LogP contribution in [0.5, 0.6) is 0 Å². The van der Waals surface area contributed by atoms with Gasteiger partial charge in [0.1, 0.15) is 0 Å². The van der Waals surface area contributed by atoms with Gasteiger partial charge >= 0.3 is 0 Å². The van der Waals surface area contributed by atoms with Crippen molar-refractivity contribution in [3.05, 3.63) is 42.7 Å². The van der Waals surface area contributed by atoms with Crippen molar-refractivity contribution in [2.24, 2.45) is 5.73 Å². The van der Waals surface area contributed by atoms with Crippen molar-refractivity contribution >= 4 is 39.3 Å². The van der Waals surface area contributed by atoms with Crippen LogP contribution in [-0.2, 0) is 9.59 Å². The van der Waals surface area contributed by atoms with E-state index >= 15 is 0 Å². The van der Waals surface area contributed by atoms with Crippen LogP contribution in [0.15, 0.2) is 42.7 Å². The van der Waals surface area contributed by atoms with E-state index in [0.717, 1.165) is 27.5 Å². The SMILES string of the molecule is NC(=O)CCCCC(=O)N(CCCO)c1cc2cccnc2c2ncccc12. The molecule has 0 bridgehead atoms. The molecule has 0 spiro atoms. The minimum Gasteiger partial charge on any atom is -0.396 e. The van der Waals surface area contributed by atoms with Gasteiger partial charge in [0.2, 0.25) is 11.8 Å². The maximum Gasteiger partial charge on any atom is 0.226 e. The summed E-state index contributed by atoms with van der Waals surface area (Å²) >= 11 is 0. The van der Waals surface area contributed by atoms with Crippen LogP contribution in [0.2, 0.25) is 0 Å². The van der Waals surface area contributed by atoms with Crippen molar-refractivity contribution in [3.63, 3.8) is 0 Å². The molecule has 3 aromatic rings. The summed E-state index contributed by atoms with van der Waals surface area (Å²) in [6.07, 6.45) is 5.67. The van der Waals surface area contributed by atoms with Crippen LogP contribution in [0.3, 0.4) is 0 Å². The first-order valence-corrected chi connectivity index (χ1v) is 9.44. The third-order valence-corrected chi connectivity index (χ3v) is 4.63. The monoisotopic (exact) mass is 380 g/mol. The van der Waals surface area contributed by atoms with Crippen LogP contribution in [0, 0.1) is 0 Å². The van der Waals surface area contributed by atoms with E-state index in [1.807, 2.05) is 30.3 Å². The topological polar surface area (TPSA) is 109 Å². The van der Waals surface area contributed by atoms with E-state index in [4.69, 9.17) is 5.73 Å². The number of amides is 2. The number of aromatic nitrogens is 2. The van der Waals surface area contributed by atoms with Crippen molar-refractivity contribution in [2.45, 2.75) is 32.1 Å². The Morgan fingerprint density at radius 1 is 1.00 bits per heavy atom. The highest BCUT2D eigenvalue weighted by atomic mass is 16.3. The predicted molar refractivity (Wildman–Crippen MR) is 109 cm³/mol. The molecule has 0 saturated heterocycles. The summed E-state index contributed by atoms with van der Waals surface area (Å²) in [5.74, 6) is -0.407. The first-order chi connectivity index (χ1) is 13.6. The minimum atomic E-state index is -0.358. The Kier molecular flexibility index (Phi) is 6.49. The number of hydrogen-bond acceptors (Lipinski definition) is 5. The summed E-state index contributed by atoms with van der Waals surface area (Å²) in [5, 5.41) is 11.0. The van der Waals surface area contributed by atoms with E-state index in [2.05, 4.69) is 9.97 Å². The molecular formula is C21H24N4O3. The lowest BCUT2D eigenvalue weighted by atomic mass is 10.1. The van der Waals surface area contributed by atoms with Crippen LogP contribution in [0.25, 0.3) is 21.8 Å². The quantitative estimate of drug-likeness (QED) is 0.438. The molecule has 0 aliphatic heterocycles. The van der Waals surface area contributed by atoms with Gasteiger partial charge in [-0.1, -0.05) is 6.07 Å². The van der Waals surface area contributed by atoms with Gasteiger partial charge < -0.3 is 15.7 Å². The molecule has 28 heavy (non-hydrogen) atoms. The molecule has 0 atom stereocenters. The molecule has 0 saturated carbocycles. The van der Waals surface area contributed by atoms with Gasteiger partial charge in [-0.3, -0.25) is 19.6 Å². The fraction of sp³-hybridized carbons (Fsp3) is 0.333. The molecule has 3 rings (SSSR count). The average molecular weight is 380 g/mol. The van der Waals surface area contributed by atoms with E-state index in [-0.39, 0.29) is 24.8 Å². The molecule has 0 radical (unpaired) electrons. The summed E-state index contributed by atoms with van der Waals surface area (Å²) in [5.41, 5.74) is 7.46. The predicted octanol–water partition coefficient (Wildman–Crippen LogP) is 2.54. The Labute approximate surface area is 163 Å². The molecular weight excluding hydrogens is 356 g/mol. The van der Waals surface area contributed by atoms with Crippen molar-refractivity contribution in [3.8, 4) is 0 Å². The maximum absolute atomic E-state index is 13.0. The number of rotatable bonds is 9. The van der Waals surface area contributed by atoms with Gasteiger partial charge in [-0.05, 0) is 43.5 Å². The van der Waals surface area contributed by atoms with E-state index < -0.39 is 0 Å². The highest BCUT2D eigenvalue weighted by Gasteiger charge is 2.19. The largest absolute Gasteiger partial charge is 0.396 e. The lowest BCUT2D eigenvalue weighted by Crippen LogP contribution is -2.32. The molecule has 2 heterocycles. The van der Waals surface area contributed by atoms with Crippen LogP contribution in [0.4, 0.5) is 5.69 Å². The van der Waals surface area contributed by atoms with Crippen molar-refractivity contribution in [1.29, 1.82) is 0 Å². The molecule has 2 amide bonds. The summed E-state index contributed by atoms with van der Waals surface area (Å²) < 4.78 is 0. The molecule has 0 unspecified atom stereocenters. The van der Waals surface area contributed by atoms with E-state index in [1.165, 1.54) is 0 Å². The Morgan fingerprint density at radius 3 is 2.46 bits per heavy atom. The van der Waals surface area contributed by atoms with Crippen molar-refractivity contribution in [2.75, 3.05) is 18.1 Å². The highest BCUT2D eigenvalue weighted by molar-refractivity contribution is 6.12. The number of anilines is 1. The zero-order valence-electron chi connectivity index (χ0n) is 15.7. The lowest BCUT2D eigenvalue weighted by molar-refractivity contribution is -0.120. The Bertz CT molecular complexity index is 990. The fourth-order valence-electron chi connectivity index (χ4n) is 3.30. The molecule has 0 aliphatic carbocycles. The molecule has 2 aromatic heterocycles. The van der Waals surface area contributed by atoms with Crippen LogP contribution in [0.1, 0.15) is 32.1 Å². The Balaban J connectivity index is 1.97. The third kappa shape index (κ3) is 4.43. The summed E-state index contributed by atoms with van der Waals surface area (Å²) in [7, 11) is 0. The number of nitrogens with two attached hydrogens (primary N) is 1. The number of aliphatic hydroxyl groups excluding tert-OH is 1. The molecule has 1 aromatic carbocycles. The maximum atomic E-state index is 13.0. The number of pyridine rings is 2. The van der Waals surface area contributed by atoms with Gasteiger partial charge in [0, 0.05) is 49.2 Å². The summed E-state index contributed by atoms with van der Waals surface area (Å²) in [6.45, 7) is 0.400. The zero-order valence-corrected chi connectivity index (χ0v) is 15.7. The number of fused-ring (bicyclic) bond motifs is 3. The molecule has 7 heteroatoms. The van der Waals surface area contributed by atoms with E-state index in [0.29, 0.717) is 32.2 Å². The fourth-order valence-corrected chi connectivity index (χ4v) is 3.30. The van der Waals surface area contributed by atoms with Crippen molar-refractivity contribution < 1.29 is 14.7 Å².